The van der Waals surface area contributed by atoms with Crippen molar-refractivity contribution in [2.45, 2.75) is 50.9 Å². The van der Waals surface area contributed by atoms with Crippen LogP contribution in [0.2, 0.25) is 0 Å². The van der Waals surface area contributed by atoms with Crippen LogP contribution in [-0.2, 0) is 37.4 Å². The Kier molecular flexibility index (Phi) is 11.0. The van der Waals surface area contributed by atoms with Crippen LogP contribution in [0.5, 0.6) is 0 Å². The summed E-state index contributed by atoms with van der Waals surface area (Å²) in [5.74, 6) is -0.606. The number of piperazine rings is 1. The molecule has 0 aliphatic carbocycles. The molecule has 0 bridgehead atoms. The first-order valence-electron chi connectivity index (χ1n) is 13.5. The molecule has 9 nitrogen and oxygen atoms in total. The van der Waals surface area contributed by atoms with Gasteiger partial charge in [0.15, 0.2) is 0 Å². The average Bonchev–Trinajstić information content (AvgIpc) is 2.90. The summed E-state index contributed by atoms with van der Waals surface area (Å²) in [7, 11) is -1.84. The predicted molar refractivity (Wildman–Crippen MR) is 157 cm³/mol. The number of hydrogen-bond acceptors (Lipinski definition) is 6. The van der Waals surface area contributed by atoms with E-state index >= 15 is 0 Å². The van der Waals surface area contributed by atoms with Gasteiger partial charge in [-0.1, -0.05) is 66.7 Å². The van der Waals surface area contributed by atoms with E-state index in [4.69, 9.17) is 10.5 Å². The molecular weight excluding hydrogens is 528 g/mol. The highest BCUT2D eigenvalue weighted by Gasteiger charge is 2.38. The lowest BCUT2D eigenvalue weighted by Gasteiger charge is -2.43. The van der Waals surface area contributed by atoms with Gasteiger partial charge in [0.2, 0.25) is 21.8 Å². The molecule has 1 aliphatic rings. The number of carbonyl (C=O) groups is 2. The van der Waals surface area contributed by atoms with Crippen LogP contribution in [0.3, 0.4) is 0 Å². The zero-order valence-corrected chi connectivity index (χ0v) is 24.7. The van der Waals surface area contributed by atoms with Crippen molar-refractivity contribution in [1.82, 2.24) is 14.1 Å². The van der Waals surface area contributed by atoms with Gasteiger partial charge in [0.1, 0.15) is 6.04 Å². The Labute approximate surface area is 238 Å². The van der Waals surface area contributed by atoms with Gasteiger partial charge in [-0.25, -0.2) is 8.42 Å². The maximum atomic E-state index is 14.1. The van der Waals surface area contributed by atoms with Crippen molar-refractivity contribution >= 4 is 21.8 Å². The van der Waals surface area contributed by atoms with Gasteiger partial charge < -0.3 is 20.3 Å². The molecule has 3 rings (SSSR count). The molecule has 2 N–H and O–H groups in total. The van der Waals surface area contributed by atoms with Crippen molar-refractivity contribution in [2.24, 2.45) is 5.73 Å². The van der Waals surface area contributed by atoms with E-state index in [-0.39, 0.29) is 38.1 Å². The van der Waals surface area contributed by atoms with Gasteiger partial charge in [0, 0.05) is 38.3 Å². The summed E-state index contributed by atoms with van der Waals surface area (Å²) in [6.07, 6.45) is 5.33. The summed E-state index contributed by atoms with van der Waals surface area (Å²) < 4.78 is 32.1. The number of carbonyl (C=O) groups excluding carboxylic acids is 2. The molecule has 0 unspecified atom stereocenters. The Morgan fingerprint density at radius 2 is 1.68 bits per heavy atom. The molecule has 2 atom stereocenters. The highest BCUT2D eigenvalue weighted by atomic mass is 32.2. The lowest BCUT2D eigenvalue weighted by Crippen LogP contribution is -2.61. The second-order valence-electron chi connectivity index (χ2n) is 11.1. The molecule has 2 aromatic carbocycles. The van der Waals surface area contributed by atoms with Crippen molar-refractivity contribution in [3.63, 3.8) is 0 Å². The molecular formula is C30H42N4O5S. The van der Waals surface area contributed by atoms with Gasteiger partial charge in [-0.05, 0) is 43.9 Å². The SMILES string of the molecule is CN(C(=O)/C=C/CC(C)(C)N)[C@H](COCc1ccccc1)C(=O)N1CCN(S(C)(=O)=O)C[C@H]1Cc1ccccc1. The van der Waals surface area contributed by atoms with Crippen LogP contribution in [0.4, 0.5) is 0 Å². The molecule has 0 radical (unpaired) electrons. The number of hydrogen-bond donors (Lipinski definition) is 1. The third-order valence-electron chi connectivity index (χ3n) is 6.90. The van der Waals surface area contributed by atoms with E-state index in [0.717, 1.165) is 11.1 Å². The third-order valence-corrected chi connectivity index (χ3v) is 8.17. The van der Waals surface area contributed by atoms with Crippen LogP contribution in [0.1, 0.15) is 31.4 Å². The van der Waals surface area contributed by atoms with E-state index in [1.54, 1.807) is 18.0 Å². The summed E-state index contributed by atoms with van der Waals surface area (Å²) in [6, 6.07) is 18.0. The number of amides is 2. The fraction of sp³-hybridized carbons (Fsp3) is 0.467. The molecule has 1 saturated heterocycles. The fourth-order valence-electron chi connectivity index (χ4n) is 4.62. The van der Waals surface area contributed by atoms with Gasteiger partial charge in [0.25, 0.3) is 0 Å². The first-order chi connectivity index (χ1) is 18.8. The normalized spacial score (nSPS) is 17.6. The van der Waals surface area contributed by atoms with Gasteiger partial charge in [-0.15, -0.1) is 0 Å². The van der Waals surface area contributed by atoms with Crippen LogP contribution in [0.25, 0.3) is 0 Å². The van der Waals surface area contributed by atoms with E-state index in [1.165, 1.54) is 21.5 Å². The quantitative estimate of drug-likeness (QED) is 0.392. The topological polar surface area (TPSA) is 113 Å². The molecule has 1 heterocycles. The molecule has 0 aromatic heterocycles. The monoisotopic (exact) mass is 570 g/mol. The minimum Gasteiger partial charge on any atom is -0.374 e. The Morgan fingerprint density at radius 3 is 2.25 bits per heavy atom. The molecule has 2 amide bonds. The Hall–Kier alpha value is -3.05. The number of nitrogens with zero attached hydrogens (tertiary/aromatic N) is 3. The number of sulfonamides is 1. The van der Waals surface area contributed by atoms with E-state index in [2.05, 4.69) is 0 Å². The average molecular weight is 571 g/mol. The van der Waals surface area contributed by atoms with E-state index in [9.17, 15) is 18.0 Å². The molecule has 1 fully saturated rings. The highest BCUT2D eigenvalue weighted by molar-refractivity contribution is 7.88. The summed E-state index contributed by atoms with van der Waals surface area (Å²) in [5, 5.41) is 0. The number of ether oxygens (including phenoxy) is 1. The lowest BCUT2D eigenvalue weighted by atomic mass is 10.0. The van der Waals surface area contributed by atoms with Gasteiger partial charge >= 0.3 is 0 Å². The van der Waals surface area contributed by atoms with Gasteiger partial charge in [-0.3, -0.25) is 9.59 Å². The fourth-order valence-corrected chi connectivity index (χ4v) is 5.47. The third kappa shape index (κ3) is 9.55. The molecule has 1 aliphatic heterocycles. The van der Waals surface area contributed by atoms with Crippen LogP contribution in [0, 0.1) is 0 Å². The van der Waals surface area contributed by atoms with Gasteiger partial charge in [0.05, 0.1) is 19.5 Å². The second-order valence-corrected chi connectivity index (χ2v) is 13.0. The van der Waals surface area contributed by atoms with Crippen molar-refractivity contribution in [3.8, 4) is 0 Å². The second kappa shape index (κ2) is 14.0. The zero-order chi connectivity index (χ0) is 29.3. The minimum atomic E-state index is -3.43. The number of benzene rings is 2. The Morgan fingerprint density at radius 1 is 1.07 bits per heavy atom. The van der Waals surface area contributed by atoms with Crippen LogP contribution in [0.15, 0.2) is 72.8 Å². The van der Waals surface area contributed by atoms with Crippen LogP contribution in [-0.4, -0.2) is 91.5 Å². The highest BCUT2D eigenvalue weighted by Crippen LogP contribution is 2.20. The summed E-state index contributed by atoms with van der Waals surface area (Å²) in [6.45, 7) is 4.63. The summed E-state index contributed by atoms with van der Waals surface area (Å²) in [4.78, 5) is 30.4. The molecule has 0 saturated carbocycles. The van der Waals surface area contributed by atoms with Crippen LogP contribution >= 0.6 is 0 Å². The van der Waals surface area contributed by atoms with Gasteiger partial charge in [-0.2, -0.15) is 4.31 Å². The van der Waals surface area contributed by atoms with E-state index in [0.29, 0.717) is 19.4 Å². The largest absolute Gasteiger partial charge is 0.374 e. The summed E-state index contributed by atoms with van der Waals surface area (Å²) in [5.41, 5.74) is 7.53. The molecule has 0 spiro atoms. The zero-order valence-electron chi connectivity index (χ0n) is 23.9. The van der Waals surface area contributed by atoms with Crippen molar-refractivity contribution in [1.29, 1.82) is 0 Å². The molecule has 218 valence electrons. The smallest absolute Gasteiger partial charge is 0.248 e. The number of likely N-dealkylation sites (N-methyl/N-ethyl adjacent to an activating group) is 1. The molecule has 40 heavy (non-hydrogen) atoms. The summed E-state index contributed by atoms with van der Waals surface area (Å²) >= 11 is 0. The van der Waals surface area contributed by atoms with Crippen LogP contribution < -0.4 is 5.73 Å². The van der Waals surface area contributed by atoms with Crippen molar-refractivity contribution < 1.29 is 22.7 Å². The lowest BCUT2D eigenvalue weighted by molar-refractivity contribution is -0.148. The van der Waals surface area contributed by atoms with E-state index < -0.39 is 27.6 Å². The first kappa shape index (κ1) is 31.5. The maximum absolute atomic E-state index is 14.1. The Balaban J connectivity index is 1.84. The standard InChI is InChI=1S/C30H42N4O5S/c1-30(2,31)17-11-16-28(35)32(3)27(23-39-22-25-14-9-6-10-15-25)29(36)34-19-18-33(40(4,37)38)21-26(34)20-24-12-7-5-8-13-24/h5-16,26-27H,17-23,31H2,1-4H3/b16-11+/t26-,27-/m1/s1. The number of nitrogens with two attached hydrogens (primary N) is 1. The van der Waals surface area contributed by atoms with Crippen molar-refractivity contribution in [2.75, 3.05) is 39.5 Å². The number of rotatable bonds is 12. The maximum Gasteiger partial charge on any atom is 0.248 e. The predicted octanol–water partition coefficient (Wildman–Crippen LogP) is 2.43. The minimum absolute atomic E-state index is 0.00344. The van der Waals surface area contributed by atoms with E-state index in [1.807, 2.05) is 74.5 Å². The molecule has 10 heteroatoms. The first-order valence-corrected chi connectivity index (χ1v) is 15.3. The van der Waals surface area contributed by atoms with Crippen molar-refractivity contribution in [3.05, 3.63) is 83.9 Å². The Bertz CT molecular complexity index is 1250. The molecule has 2 aromatic rings.